The summed E-state index contributed by atoms with van der Waals surface area (Å²) in [5.41, 5.74) is 5.18. The molecule has 0 saturated heterocycles. The molecule has 0 amide bonds. The van der Waals surface area contributed by atoms with Crippen LogP contribution < -0.4 is 0 Å². The highest BCUT2D eigenvalue weighted by molar-refractivity contribution is 7.11. The van der Waals surface area contributed by atoms with E-state index in [1.54, 1.807) is 22.7 Å². The van der Waals surface area contributed by atoms with E-state index in [9.17, 15) is 0 Å². The predicted octanol–water partition coefficient (Wildman–Crippen LogP) is 5.93. The Hall–Kier alpha value is -1.64. The van der Waals surface area contributed by atoms with Crippen LogP contribution in [0.2, 0.25) is 0 Å². The molecule has 3 aromatic rings. The van der Waals surface area contributed by atoms with Gasteiger partial charge in [-0.3, -0.25) is 0 Å². The first kappa shape index (κ1) is 12.4. The van der Waals surface area contributed by atoms with E-state index in [-0.39, 0.29) is 0 Å². The van der Waals surface area contributed by atoms with Crippen LogP contribution in [0.1, 0.15) is 17.4 Å². The van der Waals surface area contributed by atoms with Gasteiger partial charge in [0.15, 0.2) is 0 Å². The molecule has 0 fully saturated rings. The number of benzene rings is 1. The topological polar surface area (TPSA) is 0 Å². The summed E-state index contributed by atoms with van der Waals surface area (Å²) >= 11 is 3.52. The number of rotatable bonds is 3. The van der Waals surface area contributed by atoms with E-state index >= 15 is 0 Å². The predicted molar refractivity (Wildman–Crippen MR) is 86.8 cm³/mol. The third-order valence-corrected chi connectivity index (χ3v) is 4.71. The average Bonchev–Trinajstić information content (AvgIpc) is 3.14. The van der Waals surface area contributed by atoms with Gasteiger partial charge < -0.3 is 0 Å². The van der Waals surface area contributed by atoms with E-state index in [1.807, 2.05) is 0 Å². The molecule has 0 spiro atoms. The van der Waals surface area contributed by atoms with Crippen molar-refractivity contribution in [3.8, 4) is 11.1 Å². The molecule has 0 saturated carbocycles. The van der Waals surface area contributed by atoms with Crippen molar-refractivity contribution in [1.29, 1.82) is 0 Å². The smallest absolute Gasteiger partial charge is 0.0345 e. The normalized spacial score (nSPS) is 11.7. The fourth-order valence-corrected chi connectivity index (χ4v) is 3.64. The Bertz CT molecular complexity index is 657. The summed E-state index contributed by atoms with van der Waals surface area (Å²) in [4.78, 5) is 1.32. The molecule has 2 heteroatoms. The molecule has 2 heterocycles. The van der Waals surface area contributed by atoms with Gasteiger partial charge >= 0.3 is 0 Å². The first-order valence-electron chi connectivity index (χ1n) is 6.21. The molecule has 19 heavy (non-hydrogen) atoms. The monoisotopic (exact) mass is 282 g/mol. The van der Waals surface area contributed by atoms with Gasteiger partial charge in [-0.25, -0.2) is 0 Å². The van der Waals surface area contributed by atoms with Crippen molar-refractivity contribution in [2.75, 3.05) is 0 Å². The summed E-state index contributed by atoms with van der Waals surface area (Å²) < 4.78 is 0. The second kappa shape index (κ2) is 5.55. The van der Waals surface area contributed by atoms with E-state index in [0.717, 1.165) is 0 Å². The zero-order chi connectivity index (χ0) is 13.1. The van der Waals surface area contributed by atoms with Gasteiger partial charge in [-0.1, -0.05) is 36.4 Å². The second-order valence-electron chi connectivity index (χ2n) is 4.27. The van der Waals surface area contributed by atoms with Crippen molar-refractivity contribution in [2.45, 2.75) is 6.92 Å². The standard InChI is InChI=1S/C17H14S2/c1-2-16(17-4-3-10-19-17)14-7-5-13(6-8-14)15-9-11-18-12-15/h2-12H,1H3. The quantitative estimate of drug-likeness (QED) is 0.558. The summed E-state index contributed by atoms with van der Waals surface area (Å²) in [6.45, 7) is 2.10. The van der Waals surface area contributed by atoms with Crippen molar-refractivity contribution in [3.63, 3.8) is 0 Å². The van der Waals surface area contributed by atoms with E-state index in [4.69, 9.17) is 0 Å². The molecule has 94 valence electrons. The maximum Gasteiger partial charge on any atom is 0.0345 e. The molecule has 0 aliphatic rings. The Kier molecular flexibility index (Phi) is 3.62. The van der Waals surface area contributed by atoms with E-state index in [1.165, 1.54) is 27.1 Å². The third kappa shape index (κ3) is 2.55. The molecule has 0 bridgehead atoms. The van der Waals surface area contributed by atoms with Crippen LogP contribution in [0.5, 0.6) is 0 Å². The van der Waals surface area contributed by atoms with Crippen LogP contribution in [0.4, 0.5) is 0 Å². The minimum atomic E-state index is 1.28. The minimum Gasteiger partial charge on any atom is -0.152 e. The minimum absolute atomic E-state index is 1.28. The molecule has 0 N–H and O–H groups in total. The molecule has 0 nitrogen and oxygen atoms in total. The van der Waals surface area contributed by atoms with Gasteiger partial charge in [0, 0.05) is 4.88 Å². The molecule has 2 aromatic heterocycles. The highest BCUT2D eigenvalue weighted by atomic mass is 32.1. The van der Waals surface area contributed by atoms with Crippen molar-refractivity contribution in [2.24, 2.45) is 0 Å². The van der Waals surface area contributed by atoms with Crippen LogP contribution in [0.15, 0.2) is 64.7 Å². The Labute approximate surface area is 121 Å². The Morgan fingerprint density at radius 1 is 0.947 bits per heavy atom. The number of hydrogen-bond donors (Lipinski definition) is 0. The third-order valence-electron chi connectivity index (χ3n) is 3.13. The van der Waals surface area contributed by atoms with Crippen molar-refractivity contribution >= 4 is 28.2 Å². The zero-order valence-electron chi connectivity index (χ0n) is 10.7. The van der Waals surface area contributed by atoms with Gasteiger partial charge in [-0.2, -0.15) is 11.3 Å². The summed E-state index contributed by atoms with van der Waals surface area (Å²) in [5.74, 6) is 0. The van der Waals surface area contributed by atoms with Gasteiger partial charge in [-0.15, -0.1) is 11.3 Å². The van der Waals surface area contributed by atoms with Crippen molar-refractivity contribution in [3.05, 3.63) is 75.1 Å². The molecule has 0 aliphatic carbocycles. The molecule has 0 atom stereocenters. The maximum absolute atomic E-state index is 2.21. The SMILES string of the molecule is CC=C(c1ccc(-c2ccsc2)cc1)c1cccs1. The van der Waals surface area contributed by atoms with Gasteiger partial charge in [0.1, 0.15) is 0 Å². The van der Waals surface area contributed by atoms with E-state index in [2.05, 4.69) is 71.6 Å². The number of allylic oxidation sites excluding steroid dienone is 1. The first-order chi connectivity index (χ1) is 9.38. The van der Waals surface area contributed by atoms with Gasteiger partial charge in [0.25, 0.3) is 0 Å². The lowest BCUT2D eigenvalue weighted by Gasteiger charge is -2.06. The molecular formula is C17H14S2. The Morgan fingerprint density at radius 3 is 2.37 bits per heavy atom. The summed E-state index contributed by atoms with van der Waals surface area (Å²) in [5, 5.41) is 6.43. The second-order valence-corrected chi connectivity index (χ2v) is 6.00. The van der Waals surface area contributed by atoms with Crippen LogP contribution in [0, 0.1) is 0 Å². The highest BCUT2D eigenvalue weighted by Gasteiger charge is 2.05. The lowest BCUT2D eigenvalue weighted by molar-refractivity contribution is 1.57. The fraction of sp³-hybridized carbons (Fsp3) is 0.0588. The van der Waals surface area contributed by atoms with Gasteiger partial charge in [-0.05, 0) is 57.5 Å². The number of thiophene rings is 2. The average molecular weight is 282 g/mol. The number of hydrogen-bond acceptors (Lipinski definition) is 2. The van der Waals surface area contributed by atoms with Gasteiger partial charge in [0.2, 0.25) is 0 Å². The van der Waals surface area contributed by atoms with Crippen LogP contribution in [-0.2, 0) is 0 Å². The summed E-state index contributed by atoms with van der Waals surface area (Å²) in [6, 6.07) is 15.3. The molecule has 1 aromatic carbocycles. The molecular weight excluding hydrogens is 268 g/mol. The van der Waals surface area contributed by atoms with Crippen LogP contribution in [0.25, 0.3) is 16.7 Å². The van der Waals surface area contributed by atoms with Crippen LogP contribution >= 0.6 is 22.7 Å². The molecule has 3 rings (SSSR count). The summed E-state index contributed by atoms with van der Waals surface area (Å²) in [7, 11) is 0. The van der Waals surface area contributed by atoms with Crippen LogP contribution in [0.3, 0.4) is 0 Å². The maximum atomic E-state index is 2.21. The van der Waals surface area contributed by atoms with Gasteiger partial charge in [0.05, 0.1) is 0 Å². The Balaban J connectivity index is 1.94. The zero-order valence-corrected chi connectivity index (χ0v) is 12.3. The van der Waals surface area contributed by atoms with Crippen molar-refractivity contribution < 1.29 is 0 Å². The van der Waals surface area contributed by atoms with E-state index in [0.29, 0.717) is 0 Å². The largest absolute Gasteiger partial charge is 0.152 e. The Morgan fingerprint density at radius 2 is 1.79 bits per heavy atom. The fourth-order valence-electron chi connectivity index (χ4n) is 2.15. The lowest BCUT2D eigenvalue weighted by atomic mass is 10.0. The first-order valence-corrected chi connectivity index (χ1v) is 8.04. The molecule has 0 unspecified atom stereocenters. The van der Waals surface area contributed by atoms with Crippen LogP contribution in [-0.4, -0.2) is 0 Å². The summed E-state index contributed by atoms with van der Waals surface area (Å²) in [6.07, 6.45) is 2.19. The lowest BCUT2D eigenvalue weighted by Crippen LogP contribution is -1.84. The molecule has 0 aliphatic heterocycles. The highest BCUT2D eigenvalue weighted by Crippen LogP contribution is 2.29. The molecule has 0 radical (unpaired) electrons. The van der Waals surface area contributed by atoms with E-state index < -0.39 is 0 Å². The van der Waals surface area contributed by atoms with Crippen molar-refractivity contribution in [1.82, 2.24) is 0 Å².